The smallest absolute Gasteiger partial charge is 0.338 e. The summed E-state index contributed by atoms with van der Waals surface area (Å²) < 4.78 is 12.5. The molecule has 1 rings (SSSR count). The number of aliphatic hydroxyl groups is 1. The summed E-state index contributed by atoms with van der Waals surface area (Å²) in [6.45, 7) is 1.50. The Hall–Kier alpha value is -1.46. The Labute approximate surface area is 80.8 Å². The van der Waals surface area contributed by atoms with Crippen molar-refractivity contribution in [1.29, 1.82) is 0 Å². The number of carbonyl (C=O) groups is 1. The van der Waals surface area contributed by atoms with Crippen LogP contribution in [0.3, 0.4) is 0 Å². The SMILES string of the molecule is CC(N)O.O=C(O)c1ccccc1F. The lowest BCUT2D eigenvalue weighted by molar-refractivity contribution is 0.0692. The lowest BCUT2D eigenvalue weighted by Gasteiger charge is -1.92. The zero-order chi connectivity index (χ0) is 11.1. The van der Waals surface area contributed by atoms with Crippen molar-refractivity contribution in [2.24, 2.45) is 5.73 Å². The maximum Gasteiger partial charge on any atom is 0.338 e. The van der Waals surface area contributed by atoms with Crippen LogP contribution in [0.5, 0.6) is 0 Å². The zero-order valence-corrected chi connectivity index (χ0v) is 7.64. The van der Waals surface area contributed by atoms with Gasteiger partial charge < -0.3 is 15.9 Å². The van der Waals surface area contributed by atoms with Gasteiger partial charge >= 0.3 is 5.97 Å². The minimum Gasteiger partial charge on any atom is -0.478 e. The summed E-state index contributed by atoms with van der Waals surface area (Å²) in [5.74, 6) is -1.94. The van der Waals surface area contributed by atoms with Gasteiger partial charge in [-0.25, -0.2) is 9.18 Å². The van der Waals surface area contributed by atoms with Crippen LogP contribution in [0.25, 0.3) is 0 Å². The summed E-state index contributed by atoms with van der Waals surface area (Å²) in [6, 6.07) is 5.26. The quantitative estimate of drug-likeness (QED) is 0.587. The molecule has 4 N–H and O–H groups in total. The van der Waals surface area contributed by atoms with Crippen LogP contribution in [0, 0.1) is 5.82 Å². The molecule has 0 aliphatic carbocycles. The van der Waals surface area contributed by atoms with Crippen molar-refractivity contribution in [2.45, 2.75) is 13.2 Å². The highest BCUT2D eigenvalue weighted by Crippen LogP contribution is 2.04. The van der Waals surface area contributed by atoms with Crippen molar-refractivity contribution in [2.75, 3.05) is 0 Å². The molecule has 0 saturated heterocycles. The highest BCUT2D eigenvalue weighted by Gasteiger charge is 2.06. The summed E-state index contributed by atoms with van der Waals surface area (Å²) >= 11 is 0. The zero-order valence-electron chi connectivity index (χ0n) is 7.64. The molecule has 0 aliphatic rings. The number of benzene rings is 1. The van der Waals surface area contributed by atoms with E-state index in [9.17, 15) is 9.18 Å². The number of hydrogen-bond donors (Lipinski definition) is 3. The fourth-order valence-electron chi connectivity index (χ4n) is 0.635. The largest absolute Gasteiger partial charge is 0.478 e. The highest BCUT2D eigenvalue weighted by atomic mass is 19.1. The molecule has 0 heterocycles. The van der Waals surface area contributed by atoms with Gasteiger partial charge in [-0.2, -0.15) is 0 Å². The summed E-state index contributed by atoms with van der Waals surface area (Å²) in [7, 11) is 0. The molecule has 5 heteroatoms. The van der Waals surface area contributed by atoms with Crippen molar-refractivity contribution < 1.29 is 19.4 Å². The second-order valence-corrected chi connectivity index (χ2v) is 2.53. The van der Waals surface area contributed by atoms with E-state index in [0.29, 0.717) is 0 Å². The molecule has 0 aliphatic heterocycles. The van der Waals surface area contributed by atoms with E-state index in [2.05, 4.69) is 5.73 Å². The minimum atomic E-state index is -1.24. The van der Waals surface area contributed by atoms with E-state index in [1.165, 1.54) is 25.1 Å². The Bertz CT molecular complexity index is 299. The molecule has 14 heavy (non-hydrogen) atoms. The lowest BCUT2D eigenvalue weighted by atomic mass is 10.2. The molecule has 0 spiro atoms. The van der Waals surface area contributed by atoms with E-state index >= 15 is 0 Å². The van der Waals surface area contributed by atoms with E-state index in [1.807, 2.05) is 0 Å². The standard InChI is InChI=1S/C7H5FO2.C2H7NO/c8-6-4-2-1-3-5(6)7(9)10;1-2(3)4/h1-4H,(H,9,10);2,4H,3H2,1H3. The van der Waals surface area contributed by atoms with Crippen LogP contribution in [0.1, 0.15) is 17.3 Å². The summed E-state index contributed by atoms with van der Waals surface area (Å²) in [4.78, 5) is 10.2. The molecule has 0 aromatic heterocycles. The first-order valence-electron chi connectivity index (χ1n) is 3.86. The molecule has 0 saturated carbocycles. The first-order chi connectivity index (χ1) is 6.45. The lowest BCUT2D eigenvalue weighted by Crippen LogP contribution is -2.11. The number of aliphatic hydroxyl groups excluding tert-OH is 1. The highest BCUT2D eigenvalue weighted by molar-refractivity contribution is 5.87. The third-order valence-corrected chi connectivity index (χ3v) is 1.10. The molecular weight excluding hydrogens is 189 g/mol. The number of carboxylic acids is 1. The molecule has 78 valence electrons. The van der Waals surface area contributed by atoms with E-state index in [1.54, 1.807) is 0 Å². The average molecular weight is 201 g/mol. The van der Waals surface area contributed by atoms with Crippen LogP contribution in [0.15, 0.2) is 24.3 Å². The maximum absolute atomic E-state index is 12.5. The number of aromatic carboxylic acids is 1. The van der Waals surface area contributed by atoms with Crippen LogP contribution in [0.2, 0.25) is 0 Å². The van der Waals surface area contributed by atoms with Gasteiger partial charge in [-0.15, -0.1) is 0 Å². The molecule has 0 amide bonds. The van der Waals surface area contributed by atoms with E-state index in [-0.39, 0.29) is 5.56 Å². The molecular formula is C9H12FNO3. The first kappa shape index (κ1) is 12.5. The van der Waals surface area contributed by atoms with Crippen molar-refractivity contribution in [3.05, 3.63) is 35.6 Å². The Morgan fingerprint density at radius 3 is 2.21 bits per heavy atom. The Balaban J connectivity index is 0.000000364. The minimum absolute atomic E-state index is 0.289. The molecule has 0 fully saturated rings. The Morgan fingerprint density at radius 1 is 1.50 bits per heavy atom. The van der Waals surface area contributed by atoms with Crippen LogP contribution in [-0.2, 0) is 0 Å². The third kappa shape index (κ3) is 5.23. The second-order valence-electron chi connectivity index (χ2n) is 2.53. The predicted octanol–water partition coefficient (Wildman–Crippen LogP) is 0.807. The molecule has 0 bridgehead atoms. The molecule has 1 aromatic carbocycles. The summed E-state index contributed by atoms with van der Waals surface area (Å²) in [5.41, 5.74) is 4.38. The number of hydrogen-bond acceptors (Lipinski definition) is 3. The fraction of sp³-hybridized carbons (Fsp3) is 0.222. The van der Waals surface area contributed by atoms with Crippen molar-refractivity contribution >= 4 is 5.97 Å². The maximum atomic E-state index is 12.5. The number of rotatable bonds is 1. The molecule has 4 nitrogen and oxygen atoms in total. The summed E-state index contributed by atoms with van der Waals surface area (Å²) in [5, 5.41) is 16.2. The third-order valence-electron chi connectivity index (χ3n) is 1.10. The van der Waals surface area contributed by atoms with Gasteiger partial charge in [0.15, 0.2) is 0 Å². The number of nitrogens with two attached hydrogens (primary N) is 1. The normalized spacial score (nSPS) is 11.1. The Kier molecular flexibility index (Phi) is 5.43. The molecule has 1 unspecified atom stereocenters. The number of carboxylic acid groups (broad SMARTS) is 1. The summed E-state index contributed by atoms with van der Waals surface area (Å²) in [6.07, 6.45) is -0.667. The van der Waals surface area contributed by atoms with Gasteiger partial charge in [-0.05, 0) is 19.1 Å². The van der Waals surface area contributed by atoms with Crippen LogP contribution < -0.4 is 5.73 Å². The van der Waals surface area contributed by atoms with Crippen LogP contribution >= 0.6 is 0 Å². The predicted molar refractivity (Wildman–Crippen MR) is 49.2 cm³/mol. The van der Waals surface area contributed by atoms with E-state index in [4.69, 9.17) is 10.2 Å². The second kappa shape index (κ2) is 6.06. The topological polar surface area (TPSA) is 83.5 Å². The average Bonchev–Trinajstić information content (AvgIpc) is 2.03. The molecule has 1 atom stereocenters. The van der Waals surface area contributed by atoms with Crippen molar-refractivity contribution in [3.63, 3.8) is 0 Å². The van der Waals surface area contributed by atoms with E-state index < -0.39 is 18.0 Å². The number of halogens is 1. The van der Waals surface area contributed by atoms with E-state index in [0.717, 1.165) is 6.07 Å². The van der Waals surface area contributed by atoms with Gasteiger partial charge in [0.1, 0.15) is 5.82 Å². The van der Waals surface area contributed by atoms with Gasteiger partial charge in [0.05, 0.1) is 11.8 Å². The van der Waals surface area contributed by atoms with Gasteiger partial charge in [-0.1, -0.05) is 12.1 Å². The van der Waals surface area contributed by atoms with Gasteiger partial charge in [0.2, 0.25) is 0 Å². The molecule has 0 radical (unpaired) electrons. The van der Waals surface area contributed by atoms with Crippen LogP contribution in [0.4, 0.5) is 4.39 Å². The first-order valence-corrected chi connectivity index (χ1v) is 3.86. The van der Waals surface area contributed by atoms with Crippen LogP contribution in [-0.4, -0.2) is 22.4 Å². The van der Waals surface area contributed by atoms with Gasteiger partial charge in [0, 0.05) is 0 Å². The van der Waals surface area contributed by atoms with Crippen molar-refractivity contribution in [3.8, 4) is 0 Å². The van der Waals surface area contributed by atoms with Gasteiger partial charge in [0.25, 0.3) is 0 Å². The van der Waals surface area contributed by atoms with Crippen molar-refractivity contribution in [1.82, 2.24) is 0 Å². The fourth-order valence-corrected chi connectivity index (χ4v) is 0.635. The monoisotopic (exact) mass is 201 g/mol. The molecule has 1 aromatic rings. The van der Waals surface area contributed by atoms with Gasteiger partial charge in [-0.3, -0.25) is 0 Å². The Morgan fingerprint density at radius 2 is 1.93 bits per heavy atom.